The van der Waals surface area contributed by atoms with E-state index in [2.05, 4.69) is 24.2 Å². The van der Waals surface area contributed by atoms with Gasteiger partial charge in [-0.25, -0.2) is 13.6 Å². The molecule has 0 saturated heterocycles. The lowest BCUT2D eigenvalue weighted by atomic mass is 10.3. The van der Waals surface area contributed by atoms with Crippen molar-refractivity contribution in [3.63, 3.8) is 0 Å². The maximum atomic E-state index is 11.9. The molecule has 0 saturated carbocycles. The number of alkyl halides is 2. The molecule has 0 amide bonds. The highest BCUT2D eigenvalue weighted by Crippen LogP contribution is 2.21. The van der Waals surface area contributed by atoms with E-state index in [9.17, 15) is 13.6 Å². The molecule has 1 aromatic heterocycles. The van der Waals surface area contributed by atoms with Crippen LogP contribution >= 0.6 is 0 Å². The number of esters is 1. The molecular formula is C10H11F2NO5. The molecule has 0 radical (unpaired) electrons. The molecule has 1 aromatic rings. The average molecular weight is 263 g/mol. The number of methoxy groups -OCH3 is 1. The van der Waals surface area contributed by atoms with Crippen molar-refractivity contribution in [2.45, 2.75) is 6.43 Å². The first-order valence-corrected chi connectivity index (χ1v) is 4.79. The zero-order valence-corrected chi connectivity index (χ0v) is 9.68. The van der Waals surface area contributed by atoms with Crippen molar-refractivity contribution in [3.05, 3.63) is 17.7 Å². The fraction of sp³-hybridized carbons (Fsp3) is 0.400. The van der Waals surface area contributed by atoms with Gasteiger partial charge in [0.1, 0.15) is 5.56 Å². The Morgan fingerprint density at radius 3 is 2.67 bits per heavy atom. The molecule has 1 rings (SSSR count). The highest BCUT2D eigenvalue weighted by atomic mass is 19.3. The average Bonchev–Trinajstić information content (AvgIpc) is 2.36. The molecule has 0 bridgehead atoms. The second-order valence-corrected chi connectivity index (χ2v) is 2.95. The van der Waals surface area contributed by atoms with Crippen molar-refractivity contribution in [2.24, 2.45) is 0 Å². The number of hydrogen-bond acceptors (Lipinski definition) is 6. The van der Waals surface area contributed by atoms with E-state index in [1.165, 1.54) is 26.4 Å². The molecule has 0 atom stereocenters. The Morgan fingerprint density at radius 1 is 1.39 bits per heavy atom. The van der Waals surface area contributed by atoms with Crippen molar-refractivity contribution < 1.29 is 32.8 Å². The van der Waals surface area contributed by atoms with Crippen molar-refractivity contribution in [1.29, 1.82) is 0 Å². The van der Waals surface area contributed by atoms with E-state index in [4.69, 9.17) is 0 Å². The summed E-state index contributed by atoms with van der Waals surface area (Å²) in [4.78, 5) is 24.0. The van der Waals surface area contributed by atoms with Crippen molar-refractivity contribution in [1.82, 2.24) is 4.98 Å². The van der Waals surface area contributed by atoms with Gasteiger partial charge in [0, 0.05) is 6.07 Å². The van der Waals surface area contributed by atoms with Gasteiger partial charge in [0.15, 0.2) is 6.61 Å². The van der Waals surface area contributed by atoms with Crippen LogP contribution in [0.4, 0.5) is 8.78 Å². The normalized spacial score (nSPS) is 10.3. The fourth-order valence-corrected chi connectivity index (χ4v) is 1.06. The van der Waals surface area contributed by atoms with E-state index >= 15 is 0 Å². The smallest absolute Gasteiger partial charge is 0.343 e. The predicted octanol–water partition coefficient (Wildman–Crippen LogP) is 1.45. The summed E-state index contributed by atoms with van der Waals surface area (Å²) < 4.78 is 33.1. The molecular weight excluding hydrogens is 252 g/mol. The summed E-state index contributed by atoms with van der Waals surface area (Å²) in [5.74, 6) is -1.04. The van der Waals surface area contributed by atoms with Gasteiger partial charge in [0.2, 0.25) is 5.88 Å². The number of hydrogen-bond donors (Lipinski definition) is 0. The summed E-state index contributed by atoms with van der Waals surface area (Å²) in [6.07, 6.45) is -2.63. The van der Waals surface area contributed by atoms with Gasteiger partial charge in [0.25, 0.3) is 12.3 Å². The number of carbonyl (C=O) groups excluding carboxylic acids is 1. The molecule has 0 fully saturated rings. The minimum absolute atomic E-state index is 0.0104. The number of ether oxygens (including phenoxy) is 2. The van der Waals surface area contributed by atoms with Gasteiger partial charge in [-0.2, -0.15) is 9.87 Å². The lowest BCUT2D eigenvalue weighted by Crippen LogP contribution is -2.11. The van der Waals surface area contributed by atoms with Gasteiger partial charge in [-0.15, -0.1) is 0 Å². The topological polar surface area (TPSA) is 66.9 Å². The summed E-state index contributed by atoms with van der Waals surface area (Å²) in [6, 6.07) is 2.52. The summed E-state index contributed by atoms with van der Waals surface area (Å²) in [5, 5.41) is 0. The molecule has 0 unspecified atom stereocenters. The van der Waals surface area contributed by atoms with Gasteiger partial charge in [0.05, 0.1) is 14.2 Å². The first kappa shape index (κ1) is 14.1. The Kier molecular flexibility index (Phi) is 5.25. The van der Waals surface area contributed by atoms with E-state index in [-0.39, 0.29) is 17.3 Å². The van der Waals surface area contributed by atoms with E-state index in [0.717, 1.165) is 0 Å². The quantitative estimate of drug-likeness (QED) is 0.439. The van der Waals surface area contributed by atoms with E-state index < -0.39 is 19.0 Å². The molecule has 1 heterocycles. The van der Waals surface area contributed by atoms with E-state index in [1.807, 2.05) is 0 Å². The Hall–Kier alpha value is -1.96. The van der Waals surface area contributed by atoms with Crippen LogP contribution in [-0.4, -0.2) is 38.2 Å². The van der Waals surface area contributed by atoms with Crippen LogP contribution in [0.2, 0.25) is 0 Å². The molecule has 6 nitrogen and oxygen atoms in total. The predicted molar refractivity (Wildman–Crippen MR) is 54.7 cm³/mol. The van der Waals surface area contributed by atoms with Gasteiger partial charge in [-0.05, 0) is 6.07 Å². The van der Waals surface area contributed by atoms with E-state index in [0.29, 0.717) is 0 Å². The summed E-state index contributed by atoms with van der Waals surface area (Å²) in [6.45, 7) is -0.809. The molecule has 18 heavy (non-hydrogen) atoms. The highest BCUT2D eigenvalue weighted by Gasteiger charge is 2.17. The van der Waals surface area contributed by atoms with Crippen molar-refractivity contribution in [2.75, 3.05) is 20.8 Å². The van der Waals surface area contributed by atoms with Gasteiger partial charge >= 0.3 is 5.97 Å². The Bertz CT molecular complexity index is 413. The summed E-state index contributed by atoms with van der Waals surface area (Å²) in [7, 11) is 2.38. The number of carbonyl (C=O) groups is 1. The van der Waals surface area contributed by atoms with Crippen LogP contribution in [-0.2, 0) is 9.62 Å². The summed E-state index contributed by atoms with van der Waals surface area (Å²) >= 11 is 0. The highest BCUT2D eigenvalue weighted by molar-refractivity contribution is 5.91. The third-order valence-electron chi connectivity index (χ3n) is 1.76. The molecule has 0 aliphatic heterocycles. The number of pyridine rings is 1. The van der Waals surface area contributed by atoms with Crippen molar-refractivity contribution in [3.8, 4) is 11.8 Å². The molecule has 100 valence electrons. The Morgan fingerprint density at radius 2 is 2.11 bits per heavy atom. The second-order valence-electron chi connectivity index (χ2n) is 2.95. The first-order valence-electron chi connectivity index (χ1n) is 4.79. The molecule has 0 spiro atoms. The molecule has 8 heteroatoms. The zero-order valence-electron chi connectivity index (χ0n) is 9.68. The first-order chi connectivity index (χ1) is 8.58. The maximum absolute atomic E-state index is 11.9. The maximum Gasteiger partial charge on any atom is 0.343 e. The largest absolute Gasteiger partial charge is 0.472 e. The molecule has 0 aliphatic carbocycles. The second kappa shape index (κ2) is 6.70. The van der Waals surface area contributed by atoms with Gasteiger partial charge in [-0.3, -0.25) is 0 Å². The number of halogens is 2. The summed E-state index contributed by atoms with van der Waals surface area (Å²) in [5.41, 5.74) is -0.0104. The van der Waals surface area contributed by atoms with Crippen LogP contribution in [0.15, 0.2) is 12.1 Å². The fourth-order valence-electron chi connectivity index (χ4n) is 1.06. The Labute approximate surface area is 101 Å². The third-order valence-corrected chi connectivity index (χ3v) is 1.76. The van der Waals surface area contributed by atoms with Gasteiger partial charge in [-0.1, -0.05) is 0 Å². The van der Waals surface area contributed by atoms with Crippen LogP contribution in [0.1, 0.15) is 10.4 Å². The SMILES string of the molecule is COOc1nc(OCC(F)F)ccc1C(=O)OC. The zero-order chi connectivity index (χ0) is 13.5. The van der Waals surface area contributed by atoms with E-state index in [1.54, 1.807) is 0 Å². The molecule has 0 aliphatic rings. The van der Waals surface area contributed by atoms with Crippen LogP contribution < -0.4 is 9.62 Å². The molecule has 0 aromatic carbocycles. The third kappa shape index (κ3) is 3.81. The lowest BCUT2D eigenvalue weighted by molar-refractivity contribution is -0.182. The standard InChI is InChI=1S/C10H11F2NO5/c1-15-10(14)6-3-4-8(17-5-7(11)12)13-9(6)18-16-2/h3-4,7H,5H2,1-2H3. The number of rotatable bonds is 6. The minimum Gasteiger partial charge on any atom is -0.472 e. The minimum atomic E-state index is -2.63. The van der Waals surface area contributed by atoms with Crippen LogP contribution in [0.25, 0.3) is 0 Å². The van der Waals surface area contributed by atoms with Gasteiger partial charge < -0.3 is 14.4 Å². The number of aromatic nitrogens is 1. The lowest BCUT2D eigenvalue weighted by Gasteiger charge is -2.09. The van der Waals surface area contributed by atoms with Crippen LogP contribution in [0, 0.1) is 0 Å². The van der Waals surface area contributed by atoms with Crippen LogP contribution in [0.5, 0.6) is 11.8 Å². The monoisotopic (exact) mass is 263 g/mol. The van der Waals surface area contributed by atoms with Crippen molar-refractivity contribution >= 4 is 5.97 Å². The molecule has 0 N–H and O–H groups in total. The number of nitrogens with zero attached hydrogens (tertiary/aromatic N) is 1. The Balaban J connectivity index is 2.91. The van der Waals surface area contributed by atoms with Crippen LogP contribution in [0.3, 0.4) is 0 Å².